The molecular weight excluding hydrogens is 366 g/mol. The number of piperazine rings is 1. The minimum absolute atomic E-state index is 0.0296. The van der Waals surface area contributed by atoms with Crippen molar-refractivity contribution in [2.75, 3.05) is 39.9 Å². The molecule has 1 aromatic rings. The number of nitrogens with zero attached hydrogens (tertiary/aromatic N) is 5. The molecule has 2 saturated heterocycles. The van der Waals surface area contributed by atoms with E-state index in [1.54, 1.807) is 18.9 Å². The van der Waals surface area contributed by atoms with E-state index in [-0.39, 0.29) is 30.8 Å². The van der Waals surface area contributed by atoms with Crippen LogP contribution >= 0.6 is 0 Å². The van der Waals surface area contributed by atoms with Crippen molar-refractivity contribution in [2.24, 2.45) is 0 Å². The van der Waals surface area contributed by atoms with Gasteiger partial charge < -0.3 is 24.0 Å². The average molecular weight is 393 g/mol. The zero-order valence-corrected chi connectivity index (χ0v) is 16.4. The van der Waals surface area contributed by atoms with Gasteiger partial charge in [-0.1, -0.05) is 5.16 Å². The van der Waals surface area contributed by atoms with Crippen molar-refractivity contribution < 1.29 is 23.6 Å². The average Bonchev–Trinajstić information content (AvgIpc) is 3.30. The number of carbonyl (C=O) groups excluding carboxylic acids is 3. The predicted octanol–water partition coefficient (Wildman–Crippen LogP) is -0.170. The Kier molecular flexibility index (Phi) is 6.61. The number of amides is 3. The van der Waals surface area contributed by atoms with Gasteiger partial charge in [-0.2, -0.15) is 4.98 Å². The Balaban J connectivity index is 1.51. The van der Waals surface area contributed by atoms with Crippen molar-refractivity contribution in [3.8, 4) is 0 Å². The number of aromatic nitrogens is 2. The first-order chi connectivity index (χ1) is 13.5. The van der Waals surface area contributed by atoms with Gasteiger partial charge >= 0.3 is 0 Å². The first-order valence-electron chi connectivity index (χ1n) is 9.66. The van der Waals surface area contributed by atoms with Crippen molar-refractivity contribution >= 4 is 17.7 Å². The summed E-state index contributed by atoms with van der Waals surface area (Å²) in [7, 11) is 1.59. The summed E-state index contributed by atoms with van der Waals surface area (Å²) < 4.78 is 10.2. The molecule has 1 aromatic heterocycles. The zero-order valence-electron chi connectivity index (χ0n) is 16.4. The van der Waals surface area contributed by atoms with E-state index < -0.39 is 6.04 Å². The minimum atomic E-state index is -0.594. The van der Waals surface area contributed by atoms with Gasteiger partial charge in [0.05, 0.1) is 13.2 Å². The normalized spacial score (nSPS) is 20.6. The molecule has 0 aliphatic carbocycles. The molecule has 2 fully saturated rings. The molecule has 0 unspecified atom stereocenters. The van der Waals surface area contributed by atoms with Crippen LogP contribution in [0.15, 0.2) is 4.52 Å². The highest BCUT2D eigenvalue weighted by Gasteiger charge is 2.37. The molecule has 2 aliphatic rings. The van der Waals surface area contributed by atoms with E-state index in [0.717, 1.165) is 13.0 Å². The van der Waals surface area contributed by atoms with Crippen LogP contribution in [0.3, 0.4) is 0 Å². The molecule has 10 nitrogen and oxygen atoms in total. The molecule has 154 valence electrons. The molecule has 0 spiro atoms. The summed E-state index contributed by atoms with van der Waals surface area (Å²) in [5.41, 5.74) is 0. The van der Waals surface area contributed by atoms with E-state index in [2.05, 4.69) is 10.1 Å². The molecule has 3 heterocycles. The number of rotatable bonds is 9. The molecule has 3 amide bonds. The van der Waals surface area contributed by atoms with Crippen molar-refractivity contribution in [3.05, 3.63) is 11.7 Å². The lowest BCUT2D eigenvalue weighted by Crippen LogP contribution is -2.58. The molecule has 1 atom stereocenters. The zero-order chi connectivity index (χ0) is 20.1. The Hall–Kier alpha value is -2.49. The molecule has 0 aromatic carbocycles. The van der Waals surface area contributed by atoms with Gasteiger partial charge in [-0.15, -0.1) is 0 Å². The van der Waals surface area contributed by atoms with Crippen LogP contribution in [0, 0.1) is 0 Å². The molecule has 0 saturated carbocycles. The van der Waals surface area contributed by atoms with Gasteiger partial charge in [0.15, 0.2) is 5.82 Å². The quantitative estimate of drug-likeness (QED) is 0.573. The maximum absolute atomic E-state index is 12.7. The van der Waals surface area contributed by atoms with Gasteiger partial charge in [0.1, 0.15) is 12.6 Å². The molecule has 28 heavy (non-hydrogen) atoms. The van der Waals surface area contributed by atoms with E-state index in [1.165, 1.54) is 4.90 Å². The molecule has 0 bridgehead atoms. The van der Waals surface area contributed by atoms with Crippen molar-refractivity contribution in [3.63, 3.8) is 0 Å². The maximum Gasteiger partial charge on any atom is 0.246 e. The lowest BCUT2D eigenvalue weighted by molar-refractivity contribution is -0.156. The monoisotopic (exact) mass is 393 g/mol. The second kappa shape index (κ2) is 9.13. The van der Waals surface area contributed by atoms with E-state index >= 15 is 0 Å². The highest BCUT2D eigenvalue weighted by Crippen LogP contribution is 2.17. The van der Waals surface area contributed by atoms with Crippen molar-refractivity contribution in [1.29, 1.82) is 0 Å². The standard InChI is InChI=1S/C18H27N5O5/c1-13-18(26)22(9-4-8-21-7-3-5-16(21)24)12-17(25)23(13)11-15-19-14(20-28-15)6-10-27-2/h13H,3-12H2,1-2H3/t13-/m0/s1. The molecular formula is C18H27N5O5. The second-order valence-corrected chi connectivity index (χ2v) is 7.14. The van der Waals surface area contributed by atoms with Crippen LogP contribution in [0.1, 0.15) is 37.9 Å². The van der Waals surface area contributed by atoms with Gasteiger partial charge in [0.2, 0.25) is 23.6 Å². The lowest BCUT2D eigenvalue weighted by atomic mass is 10.1. The van der Waals surface area contributed by atoms with Gasteiger partial charge in [0, 0.05) is 39.6 Å². The van der Waals surface area contributed by atoms with Crippen LogP contribution in [0.2, 0.25) is 0 Å². The van der Waals surface area contributed by atoms with Crippen molar-refractivity contribution in [2.45, 2.75) is 45.2 Å². The lowest BCUT2D eigenvalue weighted by Gasteiger charge is -2.38. The summed E-state index contributed by atoms with van der Waals surface area (Å²) in [4.78, 5) is 46.0. The summed E-state index contributed by atoms with van der Waals surface area (Å²) in [5.74, 6) is 0.732. The van der Waals surface area contributed by atoms with Gasteiger partial charge in [-0.05, 0) is 19.8 Å². The van der Waals surface area contributed by atoms with E-state index in [4.69, 9.17) is 9.26 Å². The minimum Gasteiger partial charge on any atom is -0.384 e. The van der Waals surface area contributed by atoms with E-state index in [0.29, 0.717) is 50.7 Å². The Morgan fingerprint density at radius 1 is 1.18 bits per heavy atom. The number of ether oxygens (including phenoxy) is 1. The maximum atomic E-state index is 12.7. The topological polar surface area (TPSA) is 109 Å². The predicted molar refractivity (Wildman–Crippen MR) is 96.9 cm³/mol. The number of methoxy groups -OCH3 is 1. The molecule has 10 heteroatoms. The number of hydrogen-bond donors (Lipinski definition) is 0. The fourth-order valence-electron chi connectivity index (χ4n) is 3.55. The SMILES string of the molecule is COCCc1noc(CN2C(=O)CN(CCCN3CCCC3=O)C(=O)[C@@H]2C)n1. The first kappa shape index (κ1) is 20.2. The van der Waals surface area contributed by atoms with Crippen LogP contribution in [-0.4, -0.2) is 88.5 Å². The smallest absolute Gasteiger partial charge is 0.246 e. The third kappa shape index (κ3) is 4.67. The Labute approximate surface area is 163 Å². The summed E-state index contributed by atoms with van der Waals surface area (Å²) in [5, 5.41) is 3.86. The fraction of sp³-hybridized carbons (Fsp3) is 0.722. The second-order valence-electron chi connectivity index (χ2n) is 7.14. The molecule has 0 radical (unpaired) electrons. The van der Waals surface area contributed by atoms with Crippen LogP contribution < -0.4 is 0 Å². The Morgan fingerprint density at radius 2 is 1.96 bits per heavy atom. The van der Waals surface area contributed by atoms with E-state index in [9.17, 15) is 14.4 Å². The largest absolute Gasteiger partial charge is 0.384 e. The third-order valence-electron chi connectivity index (χ3n) is 5.16. The summed E-state index contributed by atoms with van der Waals surface area (Å²) in [6.45, 7) is 4.21. The highest BCUT2D eigenvalue weighted by atomic mass is 16.5. The molecule has 3 rings (SSSR count). The third-order valence-corrected chi connectivity index (χ3v) is 5.16. The van der Waals surface area contributed by atoms with Crippen LogP contribution in [-0.2, 0) is 32.1 Å². The molecule has 0 N–H and O–H groups in total. The summed E-state index contributed by atoms with van der Waals surface area (Å²) in [6.07, 6.45) is 2.70. The summed E-state index contributed by atoms with van der Waals surface area (Å²) >= 11 is 0. The Morgan fingerprint density at radius 3 is 2.68 bits per heavy atom. The molecule has 2 aliphatic heterocycles. The number of likely N-dealkylation sites (tertiary alicyclic amines) is 1. The van der Waals surface area contributed by atoms with Crippen LogP contribution in [0.4, 0.5) is 0 Å². The van der Waals surface area contributed by atoms with Gasteiger partial charge in [-0.25, -0.2) is 0 Å². The van der Waals surface area contributed by atoms with Crippen molar-refractivity contribution in [1.82, 2.24) is 24.8 Å². The fourth-order valence-corrected chi connectivity index (χ4v) is 3.55. The van der Waals surface area contributed by atoms with Crippen LogP contribution in [0.25, 0.3) is 0 Å². The first-order valence-corrected chi connectivity index (χ1v) is 9.66. The summed E-state index contributed by atoms with van der Waals surface area (Å²) in [6, 6.07) is -0.594. The Bertz CT molecular complexity index is 721. The highest BCUT2D eigenvalue weighted by molar-refractivity contribution is 5.94. The number of carbonyl (C=O) groups is 3. The number of hydrogen-bond acceptors (Lipinski definition) is 7. The van der Waals surface area contributed by atoms with Crippen LogP contribution in [0.5, 0.6) is 0 Å². The van der Waals surface area contributed by atoms with Gasteiger partial charge in [0.25, 0.3) is 0 Å². The van der Waals surface area contributed by atoms with Gasteiger partial charge in [-0.3, -0.25) is 14.4 Å². The van der Waals surface area contributed by atoms with E-state index in [1.807, 2.05) is 4.90 Å².